The van der Waals surface area contributed by atoms with Gasteiger partial charge in [0, 0.05) is 13.2 Å². The zero-order chi connectivity index (χ0) is 11.5. The molecular weight excluding hydrogens is 215 g/mol. The number of nitrogens with zero attached hydrogens (tertiary/aromatic N) is 2. The maximum Gasteiger partial charge on any atom is 0.260 e. The second kappa shape index (κ2) is 4.28. The summed E-state index contributed by atoms with van der Waals surface area (Å²) in [5.41, 5.74) is 0.146. The first-order valence-corrected chi connectivity index (χ1v) is 4.51. The van der Waals surface area contributed by atoms with Crippen LogP contribution in [0.25, 0.3) is 11.5 Å². The van der Waals surface area contributed by atoms with E-state index < -0.39 is 5.82 Å². The van der Waals surface area contributed by atoms with Crippen molar-refractivity contribution in [2.24, 2.45) is 0 Å². The number of rotatable bonds is 3. The van der Waals surface area contributed by atoms with Crippen LogP contribution in [0, 0.1) is 5.82 Å². The first-order chi connectivity index (χ1) is 7.70. The van der Waals surface area contributed by atoms with Crippen LogP contribution in [0.4, 0.5) is 4.39 Å². The minimum atomic E-state index is -0.618. The van der Waals surface area contributed by atoms with Crippen LogP contribution >= 0.6 is 0 Å². The van der Waals surface area contributed by atoms with Crippen LogP contribution in [0.1, 0.15) is 5.82 Å². The van der Waals surface area contributed by atoms with Crippen molar-refractivity contribution in [3.8, 4) is 17.2 Å². The van der Waals surface area contributed by atoms with Crippen molar-refractivity contribution in [2.45, 2.75) is 6.61 Å². The number of phenols is 1. The van der Waals surface area contributed by atoms with Crippen LogP contribution in [0.5, 0.6) is 5.75 Å². The summed E-state index contributed by atoms with van der Waals surface area (Å²) in [6.07, 6.45) is 0. The standard InChI is InChI=1S/C10H9FN2O3/c1-15-5-9-12-10(16-13-9)7-3-2-6(14)4-8(7)11/h2-4,14H,5H2,1H3. The highest BCUT2D eigenvalue weighted by atomic mass is 19.1. The van der Waals surface area contributed by atoms with Crippen LogP contribution < -0.4 is 0 Å². The summed E-state index contributed by atoms with van der Waals surface area (Å²) in [5.74, 6) is -0.375. The van der Waals surface area contributed by atoms with Gasteiger partial charge in [0.1, 0.15) is 18.2 Å². The summed E-state index contributed by atoms with van der Waals surface area (Å²) in [5, 5.41) is 12.7. The van der Waals surface area contributed by atoms with Crippen LogP contribution in [0.2, 0.25) is 0 Å². The second-order valence-corrected chi connectivity index (χ2v) is 3.11. The van der Waals surface area contributed by atoms with E-state index >= 15 is 0 Å². The Labute approximate surface area is 90.5 Å². The molecule has 2 rings (SSSR count). The quantitative estimate of drug-likeness (QED) is 0.859. The summed E-state index contributed by atoms with van der Waals surface area (Å²) >= 11 is 0. The summed E-state index contributed by atoms with van der Waals surface area (Å²) < 4.78 is 23.1. The molecule has 1 aromatic carbocycles. The van der Waals surface area contributed by atoms with Gasteiger partial charge in [0.15, 0.2) is 5.82 Å². The Morgan fingerprint density at radius 2 is 2.31 bits per heavy atom. The fraction of sp³-hybridized carbons (Fsp3) is 0.200. The third-order valence-electron chi connectivity index (χ3n) is 1.92. The molecule has 1 aromatic heterocycles. The number of hydrogen-bond donors (Lipinski definition) is 1. The van der Waals surface area contributed by atoms with Gasteiger partial charge in [0.25, 0.3) is 5.89 Å². The van der Waals surface area contributed by atoms with E-state index in [0.717, 1.165) is 6.07 Å². The predicted molar refractivity (Wildman–Crippen MR) is 52.1 cm³/mol. The van der Waals surface area contributed by atoms with Crippen LogP contribution in [-0.4, -0.2) is 22.4 Å². The Hall–Kier alpha value is -1.95. The predicted octanol–water partition coefficient (Wildman–Crippen LogP) is 1.73. The molecule has 5 nitrogen and oxygen atoms in total. The van der Waals surface area contributed by atoms with Crippen LogP contribution in [0.3, 0.4) is 0 Å². The first kappa shape index (κ1) is 10.6. The number of ether oxygens (including phenoxy) is 1. The Morgan fingerprint density at radius 1 is 1.50 bits per heavy atom. The molecule has 0 aliphatic heterocycles. The Balaban J connectivity index is 2.35. The molecule has 0 saturated carbocycles. The number of phenolic OH excluding ortho intramolecular Hbond substituents is 1. The first-order valence-electron chi connectivity index (χ1n) is 4.51. The molecule has 0 aliphatic rings. The lowest BCUT2D eigenvalue weighted by atomic mass is 10.2. The average Bonchev–Trinajstić information content (AvgIpc) is 2.67. The molecular formula is C10H9FN2O3. The molecule has 6 heteroatoms. The van der Waals surface area contributed by atoms with E-state index in [2.05, 4.69) is 10.1 Å². The van der Waals surface area contributed by atoms with E-state index in [1.165, 1.54) is 19.2 Å². The minimum Gasteiger partial charge on any atom is -0.508 e. The maximum atomic E-state index is 13.4. The number of halogens is 1. The van der Waals surface area contributed by atoms with Crippen molar-refractivity contribution in [3.63, 3.8) is 0 Å². The van der Waals surface area contributed by atoms with Crippen LogP contribution in [0.15, 0.2) is 22.7 Å². The molecule has 0 unspecified atom stereocenters. The number of aromatic nitrogens is 2. The monoisotopic (exact) mass is 224 g/mol. The van der Waals surface area contributed by atoms with Crippen molar-refractivity contribution in [1.29, 1.82) is 0 Å². The van der Waals surface area contributed by atoms with Gasteiger partial charge in [-0.1, -0.05) is 5.16 Å². The third-order valence-corrected chi connectivity index (χ3v) is 1.92. The molecule has 84 valence electrons. The molecule has 0 amide bonds. The Bertz CT molecular complexity index is 499. The van der Waals surface area contributed by atoms with E-state index in [4.69, 9.17) is 14.4 Å². The molecule has 0 radical (unpaired) electrons. The molecule has 0 spiro atoms. The van der Waals surface area contributed by atoms with E-state index in [9.17, 15) is 4.39 Å². The molecule has 0 atom stereocenters. The average molecular weight is 224 g/mol. The molecule has 1 N–H and O–H groups in total. The molecule has 0 bridgehead atoms. The molecule has 0 aliphatic carbocycles. The number of benzene rings is 1. The van der Waals surface area contributed by atoms with E-state index in [1.54, 1.807) is 0 Å². The molecule has 0 fully saturated rings. The van der Waals surface area contributed by atoms with Gasteiger partial charge in [0.2, 0.25) is 0 Å². The fourth-order valence-corrected chi connectivity index (χ4v) is 1.23. The van der Waals surface area contributed by atoms with Crippen molar-refractivity contribution < 1.29 is 18.8 Å². The van der Waals surface area contributed by atoms with E-state index in [1.807, 2.05) is 0 Å². The van der Waals surface area contributed by atoms with Gasteiger partial charge in [-0.3, -0.25) is 0 Å². The minimum absolute atomic E-state index is 0.0598. The van der Waals surface area contributed by atoms with Gasteiger partial charge in [-0.15, -0.1) is 0 Å². The Kier molecular flexibility index (Phi) is 2.82. The number of aromatic hydroxyl groups is 1. The van der Waals surface area contributed by atoms with Crippen LogP contribution in [-0.2, 0) is 11.3 Å². The number of methoxy groups -OCH3 is 1. The second-order valence-electron chi connectivity index (χ2n) is 3.11. The van der Waals surface area contributed by atoms with Crippen molar-refractivity contribution in [1.82, 2.24) is 10.1 Å². The summed E-state index contributed by atoms with van der Waals surface area (Å²) in [6, 6.07) is 3.70. The summed E-state index contributed by atoms with van der Waals surface area (Å²) in [7, 11) is 1.50. The van der Waals surface area contributed by atoms with Gasteiger partial charge in [-0.2, -0.15) is 4.98 Å². The molecule has 2 aromatic rings. The molecule has 0 saturated heterocycles. The summed E-state index contributed by atoms with van der Waals surface area (Å²) in [6.45, 7) is 0.198. The van der Waals surface area contributed by atoms with Gasteiger partial charge < -0.3 is 14.4 Å². The SMILES string of the molecule is COCc1noc(-c2ccc(O)cc2F)n1. The molecule has 1 heterocycles. The molecule has 16 heavy (non-hydrogen) atoms. The highest BCUT2D eigenvalue weighted by Crippen LogP contribution is 2.24. The lowest BCUT2D eigenvalue weighted by molar-refractivity contribution is 0.174. The van der Waals surface area contributed by atoms with E-state index in [-0.39, 0.29) is 23.8 Å². The van der Waals surface area contributed by atoms with Gasteiger partial charge >= 0.3 is 0 Å². The fourth-order valence-electron chi connectivity index (χ4n) is 1.23. The Morgan fingerprint density at radius 3 is 3.00 bits per heavy atom. The maximum absolute atomic E-state index is 13.4. The van der Waals surface area contributed by atoms with E-state index in [0.29, 0.717) is 5.82 Å². The highest BCUT2D eigenvalue weighted by molar-refractivity contribution is 5.55. The number of hydrogen-bond acceptors (Lipinski definition) is 5. The lowest BCUT2D eigenvalue weighted by Crippen LogP contribution is -1.90. The highest BCUT2D eigenvalue weighted by Gasteiger charge is 2.13. The summed E-state index contributed by atoms with van der Waals surface area (Å²) in [4.78, 5) is 3.94. The smallest absolute Gasteiger partial charge is 0.260 e. The van der Waals surface area contributed by atoms with Crippen molar-refractivity contribution in [3.05, 3.63) is 29.8 Å². The van der Waals surface area contributed by atoms with Gasteiger partial charge in [-0.25, -0.2) is 4.39 Å². The third kappa shape index (κ3) is 2.01. The normalized spacial score (nSPS) is 10.6. The zero-order valence-electron chi connectivity index (χ0n) is 8.48. The van der Waals surface area contributed by atoms with Crippen molar-refractivity contribution in [2.75, 3.05) is 7.11 Å². The van der Waals surface area contributed by atoms with Gasteiger partial charge in [-0.05, 0) is 12.1 Å². The lowest BCUT2D eigenvalue weighted by Gasteiger charge is -1.97. The van der Waals surface area contributed by atoms with Gasteiger partial charge in [0.05, 0.1) is 5.56 Å². The topological polar surface area (TPSA) is 68.4 Å². The zero-order valence-corrected chi connectivity index (χ0v) is 8.48. The van der Waals surface area contributed by atoms with Crippen molar-refractivity contribution >= 4 is 0 Å². The largest absolute Gasteiger partial charge is 0.508 e.